The SMILES string of the molecule is C[C@@H]1Cc2c(C(=O)NCCc3ccc(F)cc3F)n[nH]c2[C@H](C)O1. The fraction of sp³-hybridized carbons (Fsp3) is 0.412. The Labute approximate surface area is 138 Å². The second-order valence-electron chi connectivity index (χ2n) is 6.00. The molecule has 2 atom stereocenters. The molecule has 0 fully saturated rings. The Kier molecular flexibility index (Phi) is 4.62. The van der Waals surface area contributed by atoms with E-state index >= 15 is 0 Å². The van der Waals surface area contributed by atoms with Gasteiger partial charge in [0.1, 0.15) is 11.6 Å². The van der Waals surface area contributed by atoms with Gasteiger partial charge in [0, 0.05) is 24.6 Å². The molecule has 5 nitrogen and oxygen atoms in total. The van der Waals surface area contributed by atoms with Crippen LogP contribution >= 0.6 is 0 Å². The van der Waals surface area contributed by atoms with Crippen LogP contribution < -0.4 is 5.32 Å². The molecule has 1 aromatic heterocycles. The predicted molar refractivity (Wildman–Crippen MR) is 83.6 cm³/mol. The third kappa shape index (κ3) is 3.31. The summed E-state index contributed by atoms with van der Waals surface area (Å²) < 4.78 is 32.1. The smallest absolute Gasteiger partial charge is 0.272 e. The summed E-state index contributed by atoms with van der Waals surface area (Å²) in [7, 11) is 0. The number of carbonyl (C=O) groups excluding carboxylic acids is 1. The van der Waals surface area contributed by atoms with Crippen molar-refractivity contribution in [2.45, 2.75) is 38.9 Å². The highest BCUT2D eigenvalue weighted by Crippen LogP contribution is 2.29. The van der Waals surface area contributed by atoms with Gasteiger partial charge in [0.05, 0.1) is 17.9 Å². The maximum Gasteiger partial charge on any atom is 0.272 e. The predicted octanol–water partition coefficient (Wildman–Crippen LogP) is 2.68. The van der Waals surface area contributed by atoms with Crippen LogP contribution in [-0.2, 0) is 17.6 Å². The number of nitrogens with one attached hydrogen (secondary N) is 2. The van der Waals surface area contributed by atoms with Gasteiger partial charge in [-0.2, -0.15) is 5.10 Å². The Bertz CT molecular complexity index is 760. The molecular weight excluding hydrogens is 316 g/mol. The third-order valence-corrected chi connectivity index (χ3v) is 4.14. The highest BCUT2D eigenvalue weighted by Gasteiger charge is 2.29. The Morgan fingerprint density at radius 2 is 2.21 bits per heavy atom. The van der Waals surface area contributed by atoms with Crippen molar-refractivity contribution in [3.05, 3.63) is 52.3 Å². The quantitative estimate of drug-likeness (QED) is 0.903. The molecule has 1 amide bonds. The molecule has 0 saturated carbocycles. The van der Waals surface area contributed by atoms with Crippen LogP contribution in [0, 0.1) is 11.6 Å². The number of aromatic amines is 1. The summed E-state index contributed by atoms with van der Waals surface area (Å²) in [4.78, 5) is 12.3. The summed E-state index contributed by atoms with van der Waals surface area (Å²) in [5, 5.41) is 9.69. The van der Waals surface area contributed by atoms with E-state index in [1.54, 1.807) is 0 Å². The fourth-order valence-corrected chi connectivity index (χ4v) is 2.98. The summed E-state index contributed by atoms with van der Waals surface area (Å²) in [6.45, 7) is 4.10. The summed E-state index contributed by atoms with van der Waals surface area (Å²) in [6.07, 6.45) is 0.780. The summed E-state index contributed by atoms with van der Waals surface area (Å²) in [5.41, 5.74) is 2.40. The van der Waals surface area contributed by atoms with E-state index in [0.717, 1.165) is 17.3 Å². The molecule has 0 aliphatic carbocycles. The number of nitrogens with zero attached hydrogens (tertiary/aromatic N) is 1. The number of halogens is 2. The standard InChI is InChI=1S/C17H19F2N3O2/c1-9-7-13-15(10(2)24-9)21-22-16(13)17(23)20-6-5-11-3-4-12(18)8-14(11)19/h3-4,8-10H,5-7H2,1-2H3,(H,20,23)(H,21,22)/t9-,10+/m1/s1. The molecule has 1 aliphatic rings. The van der Waals surface area contributed by atoms with Crippen LogP contribution in [0.1, 0.15) is 47.3 Å². The number of ether oxygens (including phenoxy) is 1. The number of carbonyl (C=O) groups is 1. The zero-order valence-electron chi connectivity index (χ0n) is 13.5. The molecule has 7 heteroatoms. The third-order valence-electron chi connectivity index (χ3n) is 4.14. The molecule has 0 radical (unpaired) electrons. The van der Waals surface area contributed by atoms with Crippen LogP contribution in [0.25, 0.3) is 0 Å². The van der Waals surface area contributed by atoms with Gasteiger partial charge in [-0.25, -0.2) is 8.78 Å². The molecule has 0 saturated heterocycles. The lowest BCUT2D eigenvalue weighted by molar-refractivity contribution is -0.00697. The van der Waals surface area contributed by atoms with Gasteiger partial charge in [-0.05, 0) is 31.9 Å². The molecule has 128 valence electrons. The van der Waals surface area contributed by atoms with Crippen molar-refractivity contribution in [1.29, 1.82) is 0 Å². The van der Waals surface area contributed by atoms with E-state index in [9.17, 15) is 13.6 Å². The highest BCUT2D eigenvalue weighted by atomic mass is 19.1. The van der Waals surface area contributed by atoms with Gasteiger partial charge in [0.2, 0.25) is 0 Å². The van der Waals surface area contributed by atoms with Crippen molar-refractivity contribution in [1.82, 2.24) is 15.5 Å². The molecule has 2 aromatic rings. The summed E-state index contributed by atoms with van der Waals surface area (Å²) in [6, 6.07) is 3.42. The Morgan fingerprint density at radius 3 is 2.96 bits per heavy atom. The number of rotatable bonds is 4. The first-order valence-corrected chi connectivity index (χ1v) is 7.90. The maximum absolute atomic E-state index is 13.6. The first-order chi connectivity index (χ1) is 11.5. The average Bonchev–Trinajstić information content (AvgIpc) is 2.93. The molecule has 24 heavy (non-hydrogen) atoms. The molecule has 0 spiro atoms. The largest absolute Gasteiger partial charge is 0.369 e. The van der Waals surface area contributed by atoms with E-state index in [1.165, 1.54) is 12.1 Å². The van der Waals surface area contributed by atoms with Gasteiger partial charge >= 0.3 is 0 Å². The molecule has 2 heterocycles. The summed E-state index contributed by atoms with van der Waals surface area (Å²) >= 11 is 0. The van der Waals surface area contributed by atoms with Crippen LogP contribution in [0.2, 0.25) is 0 Å². The van der Waals surface area contributed by atoms with Crippen molar-refractivity contribution in [3.63, 3.8) is 0 Å². The first-order valence-electron chi connectivity index (χ1n) is 7.90. The van der Waals surface area contributed by atoms with Crippen LogP contribution in [0.5, 0.6) is 0 Å². The molecule has 0 unspecified atom stereocenters. The monoisotopic (exact) mass is 335 g/mol. The van der Waals surface area contributed by atoms with Crippen molar-refractivity contribution in [2.75, 3.05) is 6.54 Å². The zero-order valence-corrected chi connectivity index (χ0v) is 13.5. The van der Waals surface area contributed by atoms with Crippen LogP contribution in [-0.4, -0.2) is 28.8 Å². The second-order valence-corrected chi connectivity index (χ2v) is 6.00. The van der Waals surface area contributed by atoms with E-state index in [0.29, 0.717) is 17.7 Å². The van der Waals surface area contributed by atoms with E-state index < -0.39 is 11.6 Å². The van der Waals surface area contributed by atoms with Gasteiger partial charge in [-0.1, -0.05) is 6.07 Å². The lowest BCUT2D eigenvalue weighted by atomic mass is 9.99. The molecule has 2 N–H and O–H groups in total. The number of amides is 1. The topological polar surface area (TPSA) is 67.0 Å². The first kappa shape index (κ1) is 16.6. The zero-order chi connectivity index (χ0) is 17.3. The second kappa shape index (κ2) is 6.68. The number of aromatic nitrogens is 2. The Balaban J connectivity index is 1.64. The number of hydrogen-bond donors (Lipinski definition) is 2. The average molecular weight is 335 g/mol. The lowest BCUT2D eigenvalue weighted by Crippen LogP contribution is -2.29. The van der Waals surface area contributed by atoms with Crippen molar-refractivity contribution in [2.24, 2.45) is 0 Å². The lowest BCUT2D eigenvalue weighted by Gasteiger charge is -2.25. The molecule has 1 aliphatic heterocycles. The van der Waals surface area contributed by atoms with E-state index in [-0.39, 0.29) is 31.1 Å². The molecule has 3 rings (SSSR count). The Morgan fingerprint density at radius 1 is 1.42 bits per heavy atom. The van der Waals surface area contributed by atoms with Crippen molar-refractivity contribution in [3.8, 4) is 0 Å². The molecule has 0 bridgehead atoms. The highest BCUT2D eigenvalue weighted by molar-refractivity contribution is 5.94. The van der Waals surface area contributed by atoms with Crippen molar-refractivity contribution >= 4 is 5.91 Å². The van der Waals surface area contributed by atoms with Gasteiger partial charge < -0.3 is 10.1 Å². The maximum atomic E-state index is 13.6. The van der Waals surface area contributed by atoms with Gasteiger partial charge in [0.15, 0.2) is 5.69 Å². The van der Waals surface area contributed by atoms with E-state index in [1.807, 2.05) is 13.8 Å². The minimum Gasteiger partial charge on any atom is -0.369 e. The van der Waals surface area contributed by atoms with Gasteiger partial charge in [0.25, 0.3) is 5.91 Å². The number of H-pyrrole nitrogens is 1. The molecular formula is C17H19F2N3O2. The summed E-state index contributed by atoms with van der Waals surface area (Å²) in [5.74, 6) is -1.54. The fourth-order valence-electron chi connectivity index (χ4n) is 2.98. The number of fused-ring (bicyclic) bond motifs is 1. The van der Waals surface area contributed by atoms with E-state index in [2.05, 4.69) is 15.5 Å². The van der Waals surface area contributed by atoms with Crippen LogP contribution in [0.15, 0.2) is 18.2 Å². The number of benzene rings is 1. The molecule has 1 aromatic carbocycles. The minimum atomic E-state index is -0.617. The van der Waals surface area contributed by atoms with Gasteiger partial charge in [-0.3, -0.25) is 9.89 Å². The van der Waals surface area contributed by atoms with E-state index in [4.69, 9.17) is 4.74 Å². The minimum absolute atomic E-state index is 0.0185. The normalized spacial score (nSPS) is 19.8. The number of hydrogen-bond acceptors (Lipinski definition) is 3. The van der Waals surface area contributed by atoms with Crippen LogP contribution in [0.4, 0.5) is 8.78 Å². The van der Waals surface area contributed by atoms with Crippen molar-refractivity contribution < 1.29 is 18.3 Å². The van der Waals surface area contributed by atoms with Crippen LogP contribution in [0.3, 0.4) is 0 Å². The Hall–Kier alpha value is -2.28. The van der Waals surface area contributed by atoms with Gasteiger partial charge in [-0.15, -0.1) is 0 Å².